The quantitative estimate of drug-likeness (QED) is 0.291. The molecule has 0 amide bonds. The molecule has 4 rings (SSSR count). The van der Waals surface area contributed by atoms with Crippen LogP contribution in [0.5, 0.6) is 0 Å². The van der Waals surface area contributed by atoms with Crippen LogP contribution >= 0.6 is 34.4 Å². The summed E-state index contributed by atoms with van der Waals surface area (Å²) in [5.74, 6) is 0.461. The number of hydrogen-bond donors (Lipinski definition) is 0. The zero-order chi connectivity index (χ0) is 18.3. The van der Waals surface area contributed by atoms with E-state index in [1.165, 1.54) is 34.4 Å². The minimum absolute atomic E-state index is 0.0731. The van der Waals surface area contributed by atoms with Crippen LogP contribution in [0.15, 0.2) is 50.3 Å². The molecule has 4 heterocycles. The normalized spacial score (nSPS) is 11.4. The average Bonchev–Trinajstić information content (AvgIpc) is 3.23. The largest absolute Gasteiger partial charge is 0.283 e. The minimum Gasteiger partial charge on any atom is -0.283 e. The third kappa shape index (κ3) is 2.91. The fourth-order valence-corrected chi connectivity index (χ4v) is 5.24. The topological polar surface area (TPSA) is 69.3 Å². The maximum absolute atomic E-state index is 12.6. The van der Waals surface area contributed by atoms with Gasteiger partial charge in [-0.2, -0.15) is 0 Å². The van der Waals surface area contributed by atoms with Crippen LogP contribution in [-0.2, 0) is 12.3 Å². The molecular weight excluding hydrogens is 388 g/mol. The molecule has 4 aromatic rings. The molecule has 9 heteroatoms. The summed E-state index contributed by atoms with van der Waals surface area (Å²) in [4.78, 5) is 35.5. The summed E-state index contributed by atoms with van der Waals surface area (Å²) in [5, 5.41) is 5.00. The van der Waals surface area contributed by atoms with E-state index in [1.54, 1.807) is 27.2 Å². The Balaban J connectivity index is 1.71. The number of thioether (sulfide) groups is 1. The van der Waals surface area contributed by atoms with Gasteiger partial charge >= 0.3 is 0 Å². The molecule has 132 valence electrons. The lowest BCUT2D eigenvalue weighted by Crippen LogP contribution is -2.22. The van der Waals surface area contributed by atoms with Crippen molar-refractivity contribution < 1.29 is 0 Å². The predicted octanol–water partition coefficient (Wildman–Crippen LogP) is 3.31. The number of thiazole rings is 1. The molecule has 0 aliphatic heterocycles. The summed E-state index contributed by atoms with van der Waals surface area (Å²) < 4.78 is 3.20. The molecule has 0 saturated carbocycles. The van der Waals surface area contributed by atoms with Crippen molar-refractivity contribution in [2.75, 3.05) is 0 Å². The smallest absolute Gasteiger partial charge is 0.263 e. The van der Waals surface area contributed by atoms with Crippen molar-refractivity contribution in [3.63, 3.8) is 0 Å². The SMILES string of the molecule is C=CCn1c(SCc2cc(=O)n3c(C)csc3n2)nc2sccc2c1=O. The molecule has 0 saturated heterocycles. The van der Waals surface area contributed by atoms with Crippen molar-refractivity contribution in [1.29, 1.82) is 0 Å². The Morgan fingerprint density at radius 2 is 2.15 bits per heavy atom. The Labute approximate surface area is 160 Å². The Morgan fingerprint density at radius 3 is 2.96 bits per heavy atom. The Kier molecular flexibility index (Phi) is 4.51. The van der Waals surface area contributed by atoms with Gasteiger partial charge < -0.3 is 0 Å². The molecular formula is C17H14N4O2S3. The third-order valence-corrected chi connectivity index (χ3v) is 6.60. The van der Waals surface area contributed by atoms with E-state index in [0.29, 0.717) is 33.5 Å². The number of fused-ring (bicyclic) bond motifs is 2. The predicted molar refractivity (Wildman–Crippen MR) is 108 cm³/mol. The van der Waals surface area contributed by atoms with Gasteiger partial charge in [-0.15, -0.1) is 29.3 Å². The van der Waals surface area contributed by atoms with Crippen LogP contribution in [0.1, 0.15) is 11.4 Å². The number of hydrogen-bond acceptors (Lipinski definition) is 7. The Morgan fingerprint density at radius 1 is 1.31 bits per heavy atom. The van der Waals surface area contributed by atoms with Crippen molar-refractivity contribution >= 4 is 49.6 Å². The van der Waals surface area contributed by atoms with Gasteiger partial charge in [0.1, 0.15) is 4.83 Å². The molecule has 0 aliphatic rings. The van der Waals surface area contributed by atoms with Crippen molar-refractivity contribution in [2.45, 2.75) is 24.4 Å². The van der Waals surface area contributed by atoms with Gasteiger partial charge in [0, 0.05) is 29.4 Å². The van der Waals surface area contributed by atoms with Crippen molar-refractivity contribution in [2.24, 2.45) is 0 Å². The molecule has 0 aliphatic carbocycles. The fourth-order valence-electron chi connectivity index (χ4n) is 2.64. The standard InChI is InChI=1S/C17H14N4O2S3/c1-3-5-20-15(23)12-4-6-24-14(12)19-16(20)26-9-11-7-13(22)21-10(2)8-25-17(21)18-11/h3-4,6-8H,1,5,9H2,2H3. The molecule has 0 bridgehead atoms. The molecule has 0 radical (unpaired) electrons. The maximum atomic E-state index is 12.6. The van der Waals surface area contributed by atoms with Gasteiger partial charge in [0.2, 0.25) is 0 Å². The number of thiophene rings is 1. The first-order valence-electron chi connectivity index (χ1n) is 7.77. The summed E-state index contributed by atoms with van der Waals surface area (Å²) in [6.07, 6.45) is 1.68. The molecule has 0 unspecified atom stereocenters. The zero-order valence-corrected chi connectivity index (χ0v) is 16.3. The van der Waals surface area contributed by atoms with Gasteiger partial charge in [-0.25, -0.2) is 9.97 Å². The molecule has 0 aromatic carbocycles. The summed E-state index contributed by atoms with van der Waals surface area (Å²) in [6.45, 7) is 6.00. The molecule has 0 N–H and O–H groups in total. The maximum Gasteiger partial charge on any atom is 0.263 e. The van der Waals surface area contributed by atoms with Crippen molar-refractivity contribution in [1.82, 2.24) is 18.9 Å². The fraction of sp³-hybridized carbons (Fsp3) is 0.176. The van der Waals surface area contributed by atoms with E-state index in [9.17, 15) is 9.59 Å². The highest BCUT2D eigenvalue weighted by Crippen LogP contribution is 2.24. The monoisotopic (exact) mass is 402 g/mol. The second-order valence-electron chi connectivity index (χ2n) is 5.61. The van der Waals surface area contributed by atoms with Crippen LogP contribution in [0, 0.1) is 6.92 Å². The first-order valence-corrected chi connectivity index (χ1v) is 10.5. The van der Waals surface area contributed by atoms with E-state index in [1.807, 2.05) is 17.7 Å². The van der Waals surface area contributed by atoms with Crippen molar-refractivity contribution in [3.05, 3.63) is 67.6 Å². The summed E-state index contributed by atoms with van der Waals surface area (Å²) in [6, 6.07) is 3.33. The van der Waals surface area contributed by atoms with Gasteiger partial charge in [-0.1, -0.05) is 17.8 Å². The number of nitrogens with zero attached hydrogens (tertiary/aromatic N) is 4. The Hall–Kier alpha value is -2.23. The van der Waals surface area contributed by atoms with Crippen LogP contribution < -0.4 is 11.1 Å². The van der Waals surface area contributed by atoms with E-state index in [0.717, 1.165) is 10.5 Å². The van der Waals surface area contributed by atoms with Crippen LogP contribution in [-0.4, -0.2) is 18.9 Å². The second kappa shape index (κ2) is 6.82. The highest BCUT2D eigenvalue weighted by atomic mass is 32.2. The van der Waals surface area contributed by atoms with Gasteiger partial charge in [-0.3, -0.25) is 18.6 Å². The minimum atomic E-state index is -0.0884. The highest BCUT2D eigenvalue weighted by molar-refractivity contribution is 7.98. The van der Waals surface area contributed by atoms with Gasteiger partial charge in [0.05, 0.1) is 11.1 Å². The summed E-state index contributed by atoms with van der Waals surface area (Å²) in [7, 11) is 0. The highest BCUT2D eigenvalue weighted by Gasteiger charge is 2.13. The van der Waals surface area contributed by atoms with Crippen molar-refractivity contribution in [3.8, 4) is 0 Å². The molecule has 4 aromatic heterocycles. The number of aryl methyl sites for hydroxylation is 1. The summed E-state index contributed by atoms with van der Waals surface area (Å²) >= 11 is 4.28. The van der Waals surface area contributed by atoms with Crippen LogP contribution in [0.3, 0.4) is 0 Å². The van der Waals surface area contributed by atoms with E-state index >= 15 is 0 Å². The van der Waals surface area contributed by atoms with E-state index < -0.39 is 0 Å². The van der Waals surface area contributed by atoms with Crippen LogP contribution in [0.4, 0.5) is 0 Å². The number of rotatable bonds is 5. The molecule has 26 heavy (non-hydrogen) atoms. The van der Waals surface area contributed by atoms with E-state index in [2.05, 4.69) is 16.5 Å². The molecule has 0 fully saturated rings. The number of aromatic nitrogens is 4. The lowest BCUT2D eigenvalue weighted by atomic mass is 10.4. The first-order chi connectivity index (χ1) is 12.6. The van der Waals surface area contributed by atoms with E-state index in [-0.39, 0.29) is 11.1 Å². The van der Waals surface area contributed by atoms with Crippen LogP contribution in [0.2, 0.25) is 0 Å². The Bertz CT molecular complexity index is 1250. The number of allylic oxidation sites excluding steroid dienone is 1. The second-order valence-corrected chi connectivity index (χ2v) is 8.28. The molecule has 0 spiro atoms. The lowest BCUT2D eigenvalue weighted by Gasteiger charge is -2.09. The molecule has 6 nitrogen and oxygen atoms in total. The van der Waals surface area contributed by atoms with Gasteiger partial charge in [0.25, 0.3) is 11.1 Å². The third-order valence-electron chi connectivity index (χ3n) is 3.84. The molecule has 0 atom stereocenters. The van der Waals surface area contributed by atoms with E-state index in [4.69, 9.17) is 0 Å². The zero-order valence-electron chi connectivity index (χ0n) is 13.8. The first kappa shape index (κ1) is 17.2. The average molecular weight is 403 g/mol. The van der Waals surface area contributed by atoms with Crippen LogP contribution in [0.25, 0.3) is 15.2 Å². The summed E-state index contributed by atoms with van der Waals surface area (Å²) in [5.41, 5.74) is 1.39. The van der Waals surface area contributed by atoms with Gasteiger partial charge in [0.15, 0.2) is 10.1 Å². The lowest BCUT2D eigenvalue weighted by molar-refractivity contribution is 0.672. The van der Waals surface area contributed by atoms with Gasteiger partial charge in [-0.05, 0) is 18.4 Å².